The summed E-state index contributed by atoms with van der Waals surface area (Å²) in [5.41, 5.74) is 3.05. The Morgan fingerprint density at radius 1 is 1.00 bits per heavy atom. The molecule has 0 atom stereocenters. The van der Waals surface area contributed by atoms with Crippen LogP contribution in [0.15, 0.2) is 69.9 Å². The zero-order valence-corrected chi connectivity index (χ0v) is 20.1. The number of fused-ring (bicyclic) bond motifs is 1. The third kappa shape index (κ3) is 5.14. The molecule has 0 spiro atoms. The monoisotopic (exact) mass is 473 g/mol. The van der Waals surface area contributed by atoms with Crippen LogP contribution in [-0.4, -0.2) is 26.2 Å². The summed E-state index contributed by atoms with van der Waals surface area (Å²) in [6.07, 6.45) is 0. The zero-order chi connectivity index (χ0) is 24.9. The van der Waals surface area contributed by atoms with E-state index < -0.39 is 5.91 Å². The van der Waals surface area contributed by atoms with Crippen molar-refractivity contribution in [1.82, 2.24) is 0 Å². The van der Waals surface area contributed by atoms with Gasteiger partial charge in [0.1, 0.15) is 17.1 Å². The van der Waals surface area contributed by atoms with Crippen LogP contribution in [0.2, 0.25) is 0 Å². The number of carbonyl (C=O) groups is 1. The number of aryl methyl sites for hydroxylation is 2. The van der Waals surface area contributed by atoms with Crippen molar-refractivity contribution in [1.29, 1.82) is 0 Å². The Morgan fingerprint density at radius 2 is 1.74 bits per heavy atom. The third-order valence-electron chi connectivity index (χ3n) is 5.44. The van der Waals surface area contributed by atoms with Gasteiger partial charge in [0.05, 0.1) is 24.8 Å². The van der Waals surface area contributed by atoms with Gasteiger partial charge in [0.15, 0.2) is 12.4 Å². The number of nitrogens with one attached hydrogen (secondary N) is 1. The van der Waals surface area contributed by atoms with Crippen LogP contribution in [0.1, 0.15) is 18.1 Å². The first-order valence-electron chi connectivity index (χ1n) is 11.3. The van der Waals surface area contributed by atoms with E-state index in [1.54, 1.807) is 55.6 Å². The number of methoxy groups -OCH3 is 1. The van der Waals surface area contributed by atoms with Crippen LogP contribution in [0.4, 0.5) is 5.69 Å². The highest BCUT2D eigenvalue weighted by Gasteiger charge is 2.20. The standard InChI is InChI=1S/C28H27NO6/c1-5-33-23-9-7-6-8-22(23)29-24(30)16-34-28-25(31)21-15-17(2)14-18(3)26(21)35-27(28)19-10-12-20(32-4)13-11-19/h6-15H,5,16H2,1-4H3,(H,29,30). The molecule has 0 saturated carbocycles. The molecule has 0 fully saturated rings. The smallest absolute Gasteiger partial charge is 0.262 e. The molecule has 1 heterocycles. The summed E-state index contributed by atoms with van der Waals surface area (Å²) >= 11 is 0. The van der Waals surface area contributed by atoms with Crippen molar-refractivity contribution >= 4 is 22.6 Å². The molecule has 1 amide bonds. The molecule has 4 rings (SSSR count). The van der Waals surface area contributed by atoms with Gasteiger partial charge in [-0.15, -0.1) is 0 Å². The fourth-order valence-corrected chi connectivity index (χ4v) is 3.87. The Bertz CT molecular complexity index is 1420. The molecule has 1 N–H and O–H groups in total. The minimum atomic E-state index is -0.433. The molecule has 7 heteroatoms. The number of benzene rings is 3. The molecule has 0 aliphatic heterocycles. The molecule has 0 saturated heterocycles. The molecule has 0 bridgehead atoms. The first-order chi connectivity index (χ1) is 16.9. The average Bonchev–Trinajstić information content (AvgIpc) is 2.85. The van der Waals surface area contributed by atoms with Crippen molar-refractivity contribution in [3.05, 3.63) is 82.0 Å². The van der Waals surface area contributed by atoms with E-state index in [0.29, 0.717) is 40.3 Å². The van der Waals surface area contributed by atoms with Crippen LogP contribution in [0.3, 0.4) is 0 Å². The number of para-hydroxylation sites is 2. The van der Waals surface area contributed by atoms with Crippen molar-refractivity contribution in [2.75, 3.05) is 25.6 Å². The van der Waals surface area contributed by atoms with Gasteiger partial charge in [0.2, 0.25) is 11.2 Å². The van der Waals surface area contributed by atoms with Gasteiger partial charge < -0.3 is 23.9 Å². The number of carbonyl (C=O) groups excluding carboxylic acids is 1. The Hall–Kier alpha value is -4.26. The molecule has 7 nitrogen and oxygen atoms in total. The van der Waals surface area contributed by atoms with Gasteiger partial charge in [-0.25, -0.2) is 0 Å². The summed E-state index contributed by atoms with van der Waals surface area (Å²) < 4.78 is 22.8. The van der Waals surface area contributed by atoms with Gasteiger partial charge >= 0.3 is 0 Å². The first-order valence-corrected chi connectivity index (χ1v) is 11.3. The molecule has 4 aromatic rings. The minimum absolute atomic E-state index is 0.0269. The summed E-state index contributed by atoms with van der Waals surface area (Å²) in [6.45, 7) is 5.74. The number of hydrogen-bond acceptors (Lipinski definition) is 6. The molecule has 0 radical (unpaired) electrons. The molecular weight excluding hydrogens is 446 g/mol. The van der Waals surface area contributed by atoms with Crippen LogP contribution >= 0.6 is 0 Å². The molecule has 1 aromatic heterocycles. The summed E-state index contributed by atoms with van der Waals surface area (Å²) in [4.78, 5) is 26.2. The van der Waals surface area contributed by atoms with Gasteiger partial charge in [-0.1, -0.05) is 18.2 Å². The molecule has 35 heavy (non-hydrogen) atoms. The predicted octanol–water partition coefficient (Wildman–Crippen LogP) is 5.50. The van der Waals surface area contributed by atoms with E-state index in [1.165, 1.54) is 0 Å². The normalized spacial score (nSPS) is 10.7. The topological polar surface area (TPSA) is 87.0 Å². The highest BCUT2D eigenvalue weighted by Crippen LogP contribution is 2.33. The van der Waals surface area contributed by atoms with E-state index in [2.05, 4.69) is 5.32 Å². The van der Waals surface area contributed by atoms with Gasteiger partial charge in [-0.2, -0.15) is 0 Å². The largest absolute Gasteiger partial charge is 0.497 e. The van der Waals surface area contributed by atoms with E-state index in [0.717, 1.165) is 11.1 Å². The maximum Gasteiger partial charge on any atom is 0.262 e. The molecule has 180 valence electrons. The number of hydrogen-bond donors (Lipinski definition) is 1. The Kier molecular flexibility index (Phi) is 7.06. The van der Waals surface area contributed by atoms with Crippen molar-refractivity contribution in [3.63, 3.8) is 0 Å². The lowest BCUT2D eigenvalue weighted by Crippen LogP contribution is -2.23. The second-order valence-electron chi connectivity index (χ2n) is 8.04. The molecular formula is C28H27NO6. The maximum atomic E-state index is 13.5. The summed E-state index contributed by atoms with van der Waals surface area (Å²) in [5, 5.41) is 3.18. The number of anilines is 1. The molecule has 0 aliphatic rings. The van der Waals surface area contributed by atoms with Gasteiger partial charge in [0.25, 0.3) is 5.91 Å². The van der Waals surface area contributed by atoms with Crippen LogP contribution < -0.4 is 25.0 Å². The third-order valence-corrected chi connectivity index (χ3v) is 5.44. The van der Waals surface area contributed by atoms with E-state index in [9.17, 15) is 9.59 Å². The van der Waals surface area contributed by atoms with Gasteiger partial charge in [0, 0.05) is 5.56 Å². The Labute approximate surface area is 203 Å². The zero-order valence-electron chi connectivity index (χ0n) is 20.1. The number of ether oxygens (including phenoxy) is 3. The van der Waals surface area contributed by atoms with E-state index >= 15 is 0 Å². The van der Waals surface area contributed by atoms with Crippen molar-refractivity contribution in [2.24, 2.45) is 0 Å². The van der Waals surface area contributed by atoms with Crippen LogP contribution in [0, 0.1) is 13.8 Å². The minimum Gasteiger partial charge on any atom is -0.497 e. The van der Waals surface area contributed by atoms with E-state index in [1.807, 2.05) is 32.9 Å². The summed E-state index contributed by atoms with van der Waals surface area (Å²) in [6, 6.07) is 17.9. The average molecular weight is 474 g/mol. The van der Waals surface area contributed by atoms with Crippen LogP contribution in [0.25, 0.3) is 22.3 Å². The fraction of sp³-hybridized carbons (Fsp3) is 0.214. The van der Waals surface area contributed by atoms with Crippen molar-refractivity contribution < 1.29 is 23.4 Å². The molecule has 0 aliphatic carbocycles. The molecule has 3 aromatic carbocycles. The lowest BCUT2D eigenvalue weighted by molar-refractivity contribution is -0.118. The lowest BCUT2D eigenvalue weighted by atomic mass is 10.1. The Balaban J connectivity index is 1.70. The first kappa shape index (κ1) is 23.9. The van der Waals surface area contributed by atoms with Gasteiger partial charge in [-0.3, -0.25) is 9.59 Å². The second-order valence-corrected chi connectivity index (χ2v) is 8.04. The summed E-state index contributed by atoms with van der Waals surface area (Å²) in [5.74, 6) is 1.01. The maximum absolute atomic E-state index is 13.5. The summed E-state index contributed by atoms with van der Waals surface area (Å²) in [7, 11) is 1.58. The van der Waals surface area contributed by atoms with Crippen LogP contribution in [0.5, 0.6) is 17.2 Å². The van der Waals surface area contributed by atoms with Crippen molar-refractivity contribution in [2.45, 2.75) is 20.8 Å². The lowest BCUT2D eigenvalue weighted by Gasteiger charge is -2.14. The molecule has 0 unspecified atom stereocenters. The van der Waals surface area contributed by atoms with Crippen LogP contribution in [-0.2, 0) is 4.79 Å². The fourth-order valence-electron chi connectivity index (χ4n) is 3.87. The quantitative estimate of drug-likeness (QED) is 0.364. The number of amides is 1. The highest BCUT2D eigenvalue weighted by molar-refractivity contribution is 5.93. The SMILES string of the molecule is CCOc1ccccc1NC(=O)COc1c(-c2ccc(OC)cc2)oc2c(C)cc(C)cc2c1=O. The number of rotatable bonds is 8. The highest BCUT2D eigenvalue weighted by atomic mass is 16.5. The van der Waals surface area contributed by atoms with E-state index in [4.69, 9.17) is 18.6 Å². The van der Waals surface area contributed by atoms with Crippen molar-refractivity contribution in [3.8, 4) is 28.6 Å². The van der Waals surface area contributed by atoms with E-state index in [-0.39, 0.29) is 23.5 Å². The predicted molar refractivity (Wildman–Crippen MR) is 136 cm³/mol. The van der Waals surface area contributed by atoms with Gasteiger partial charge in [-0.05, 0) is 74.4 Å². The second kappa shape index (κ2) is 10.3. The Morgan fingerprint density at radius 3 is 2.46 bits per heavy atom.